The first-order valence-electron chi connectivity index (χ1n) is 5.85. The molecule has 1 atom stereocenters. The predicted molar refractivity (Wildman–Crippen MR) is 91.2 cm³/mol. The van der Waals surface area contributed by atoms with Crippen LogP contribution in [0.3, 0.4) is 0 Å². The van der Waals surface area contributed by atoms with E-state index in [1.54, 1.807) is 22.7 Å². The minimum Gasteiger partial charge on any atom is -0.306 e. The van der Waals surface area contributed by atoms with E-state index in [2.05, 4.69) is 59.3 Å². The maximum atomic E-state index is 6.19. The summed E-state index contributed by atoms with van der Waals surface area (Å²) in [6.07, 6.45) is 1.13. The van der Waals surface area contributed by atoms with Crippen molar-refractivity contribution in [2.45, 2.75) is 26.3 Å². The maximum Gasteiger partial charge on any atom is 0.0961 e. The van der Waals surface area contributed by atoms with Crippen LogP contribution in [0.1, 0.15) is 35.4 Å². The summed E-state index contributed by atoms with van der Waals surface area (Å²) in [5.41, 5.74) is 2.51. The monoisotopic (exact) mass is 411 g/mol. The van der Waals surface area contributed by atoms with Gasteiger partial charge in [-0.3, -0.25) is 0 Å². The van der Waals surface area contributed by atoms with Gasteiger partial charge in [-0.05, 0) is 71.1 Å². The van der Waals surface area contributed by atoms with Crippen LogP contribution in [-0.2, 0) is 0 Å². The highest BCUT2D eigenvalue weighted by atomic mass is 127. The van der Waals surface area contributed by atoms with Crippen molar-refractivity contribution in [3.05, 3.63) is 40.7 Å². The molecule has 0 aliphatic rings. The molecule has 0 aromatic carbocycles. The second kappa shape index (κ2) is 6.70. The van der Waals surface area contributed by atoms with E-state index >= 15 is 0 Å². The molecule has 2 rings (SSSR count). The van der Waals surface area contributed by atoms with Gasteiger partial charge in [-0.2, -0.15) is 0 Å². The molecule has 2 aromatic rings. The molecule has 0 saturated carbocycles. The van der Waals surface area contributed by atoms with Crippen LogP contribution in [0.15, 0.2) is 17.5 Å². The smallest absolute Gasteiger partial charge is 0.0961 e. The predicted octanol–water partition coefficient (Wildman–Crippen LogP) is 5.47. The van der Waals surface area contributed by atoms with Crippen LogP contribution in [0.4, 0.5) is 0 Å². The third-order valence-corrected chi connectivity index (χ3v) is 6.11. The van der Waals surface area contributed by atoms with Gasteiger partial charge in [0.15, 0.2) is 0 Å². The van der Waals surface area contributed by atoms with E-state index in [4.69, 9.17) is 11.6 Å². The van der Waals surface area contributed by atoms with Crippen LogP contribution < -0.4 is 5.32 Å². The number of hydrogen-bond acceptors (Lipinski definition) is 3. The molecule has 1 nitrogen and oxygen atoms in total. The van der Waals surface area contributed by atoms with E-state index in [9.17, 15) is 0 Å². The zero-order chi connectivity index (χ0) is 13.1. The van der Waals surface area contributed by atoms with E-state index in [-0.39, 0.29) is 6.04 Å². The van der Waals surface area contributed by atoms with Gasteiger partial charge >= 0.3 is 0 Å². The van der Waals surface area contributed by atoms with Gasteiger partial charge < -0.3 is 5.32 Å². The molecule has 0 radical (unpaired) electrons. The molecule has 18 heavy (non-hydrogen) atoms. The largest absolute Gasteiger partial charge is 0.306 e. The Hall–Kier alpha value is 0.380. The van der Waals surface area contributed by atoms with Gasteiger partial charge in [0.1, 0.15) is 0 Å². The standard InChI is InChI=1S/C13H15ClINS2/c1-3-4-16-12(9-6-11(15)17-7-9)10-5-8(2)13(14)18-10/h5-7,12,16H,3-4H2,1-2H3. The van der Waals surface area contributed by atoms with Gasteiger partial charge in [0.2, 0.25) is 0 Å². The quantitative estimate of drug-likeness (QED) is 0.644. The topological polar surface area (TPSA) is 12.0 Å². The first kappa shape index (κ1) is 14.8. The van der Waals surface area contributed by atoms with Crippen LogP contribution >= 0.6 is 56.9 Å². The van der Waals surface area contributed by atoms with Crippen LogP contribution in [0, 0.1) is 9.81 Å². The van der Waals surface area contributed by atoms with Gasteiger partial charge in [-0.15, -0.1) is 22.7 Å². The minimum absolute atomic E-state index is 0.279. The van der Waals surface area contributed by atoms with Crippen LogP contribution in [0.2, 0.25) is 4.34 Å². The Labute approximate surface area is 135 Å². The highest BCUT2D eigenvalue weighted by Crippen LogP contribution is 2.35. The Kier molecular flexibility index (Phi) is 5.50. The Balaban J connectivity index is 2.30. The lowest BCUT2D eigenvalue weighted by Crippen LogP contribution is -2.21. The van der Waals surface area contributed by atoms with Crippen molar-refractivity contribution in [2.24, 2.45) is 0 Å². The van der Waals surface area contributed by atoms with Crippen molar-refractivity contribution < 1.29 is 0 Å². The second-order valence-electron chi connectivity index (χ2n) is 4.18. The average Bonchev–Trinajstić information content (AvgIpc) is 2.88. The number of thiophene rings is 2. The Morgan fingerprint density at radius 1 is 1.44 bits per heavy atom. The molecule has 2 aromatic heterocycles. The fraction of sp³-hybridized carbons (Fsp3) is 0.385. The summed E-state index contributed by atoms with van der Waals surface area (Å²) in [6.45, 7) is 5.27. The molecular weight excluding hydrogens is 397 g/mol. The maximum absolute atomic E-state index is 6.19. The van der Waals surface area contributed by atoms with Crippen molar-refractivity contribution in [2.75, 3.05) is 6.54 Å². The molecule has 0 bridgehead atoms. The molecule has 1 unspecified atom stereocenters. The second-order valence-corrected chi connectivity index (χ2v) is 8.67. The first-order chi connectivity index (χ1) is 8.61. The van der Waals surface area contributed by atoms with Crippen LogP contribution in [0.25, 0.3) is 0 Å². The highest BCUT2D eigenvalue weighted by Gasteiger charge is 2.18. The van der Waals surface area contributed by atoms with Gasteiger partial charge in [0.05, 0.1) is 13.3 Å². The molecule has 0 amide bonds. The van der Waals surface area contributed by atoms with Gasteiger partial charge in [0, 0.05) is 4.88 Å². The van der Waals surface area contributed by atoms with Crippen LogP contribution in [-0.4, -0.2) is 6.54 Å². The van der Waals surface area contributed by atoms with E-state index < -0.39 is 0 Å². The Morgan fingerprint density at radius 2 is 2.22 bits per heavy atom. The normalized spacial score (nSPS) is 12.9. The molecule has 1 N–H and O–H groups in total. The summed E-state index contributed by atoms with van der Waals surface area (Å²) in [5, 5.41) is 5.85. The zero-order valence-corrected chi connectivity index (χ0v) is 14.8. The number of aryl methyl sites for hydroxylation is 1. The van der Waals surface area contributed by atoms with Crippen molar-refractivity contribution in [1.29, 1.82) is 0 Å². The van der Waals surface area contributed by atoms with Gasteiger partial charge in [-0.1, -0.05) is 18.5 Å². The average molecular weight is 412 g/mol. The Bertz CT molecular complexity index is 501. The lowest BCUT2D eigenvalue weighted by Gasteiger charge is -2.15. The van der Waals surface area contributed by atoms with E-state index in [0.29, 0.717) is 0 Å². The molecule has 2 heterocycles. The summed E-state index contributed by atoms with van der Waals surface area (Å²) >= 11 is 12.0. The lowest BCUT2D eigenvalue weighted by molar-refractivity contribution is 0.607. The molecule has 5 heteroatoms. The molecule has 98 valence electrons. The fourth-order valence-corrected chi connectivity index (χ4v) is 4.49. The van der Waals surface area contributed by atoms with Crippen LogP contribution in [0.5, 0.6) is 0 Å². The van der Waals surface area contributed by atoms with Crippen molar-refractivity contribution in [1.82, 2.24) is 5.32 Å². The summed E-state index contributed by atoms with van der Waals surface area (Å²) in [7, 11) is 0. The molecule has 0 aliphatic heterocycles. The molecule has 0 spiro atoms. The number of halogens is 2. The molecule has 0 fully saturated rings. The fourth-order valence-electron chi connectivity index (χ4n) is 1.77. The molecule has 0 aliphatic carbocycles. The van der Waals surface area contributed by atoms with Crippen molar-refractivity contribution >= 4 is 56.9 Å². The highest BCUT2D eigenvalue weighted by molar-refractivity contribution is 14.1. The van der Waals surface area contributed by atoms with E-state index in [0.717, 1.165) is 17.3 Å². The summed E-state index contributed by atoms with van der Waals surface area (Å²) in [4.78, 5) is 1.31. The van der Waals surface area contributed by atoms with Crippen molar-refractivity contribution in [3.8, 4) is 0 Å². The Morgan fingerprint density at radius 3 is 2.72 bits per heavy atom. The first-order valence-corrected chi connectivity index (χ1v) is 9.00. The van der Waals surface area contributed by atoms with E-state index in [1.807, 2.05) is 0 Å². The summed E-state index contributed by atoms with van der Waals surface area (Å²) < 4.78 is 2.23. The lowest BCUT2D eigenvalue weighted by atomic mass is 10.1. The molecular formula is C13H15ClINS2. The molecule has 0 saturated heterocycles. The minimum atomic E-state index is 0.279. The van der Waals surface area contributed by atoms with Gasteiger partial charge in [0.25, 0.3) is 0 Å². The third kappa shape index (κ3) is 3.48. The number of hydrogen-bond donors (Lipinski definition) is 1. The summed E-state index contributed by atoms with van der Waals surface area (Å²) in [5.74, 6) is 0. The third-order valence-electron chi connectivity index (χ3n) is 2.68. The van der Waals surface area contributed by atoms with Gasteiger partial charge in [-0.25, -0.2) is 0 Å². The van der Waals surface area contributed by atoms with Crippen molar-refractivity contribution in [3.63, 3.8) is 0 Å². The number of rotatable bonds is 5. The number of nitrogens with one attached hydrogen (secondary N) is 1. The zero-order valence-electron chi connectivity index (χ0n) is 10.3. The SMILES string of the molecule is CCCNC(c1csc(I)c1)c1cc(C)c(Cl)s1. The summed E-state index contributed by atoms with van der Waals surface area (Å²) in [6, 6.07) is 4.73. The van der Waals surface area contributed by atoms with E-state index in [1.165, 1.54) is 18.9 Å².